The Hall–Kier alpha value is -4.21. The van der Waals surface area contributed by atoms with E-state index in [2.05, 4.69) is 10.6 Å². The summed E-state index contributed by atoms with van der Waals surface area (Å²) in [7, 11) is 0. The highest BCUT2D eigenvalue weighted by molar-refractivity contribution is 6.02. The third kappa shape index (κ3) is 9.06. The number of urea groups is 2. The molecule has 2 saturated heterocycles. The van der Waals surface area contributed by atoms with Crippen LogP contribution >= 0.6 is 0 Å². The van der Waals surface area contributed by atoms with Crippen LogP contribution in [-0.2, 0) is 27.5 Å². The number of nitrogens with zero attached hydrogens (tertiary/aromatic N) is 2. The van der Waals surface area contributed by atoms with Crippen molar-refractivity contribution in [1.29, 1.82) is 0 Å². The average molecular weight is 508 g/mol. The second-order valence-corrected chi connectivity index (χ2v) is 9.13. The molecule has 7 amide bonds. The number of rotatable bonds is 5. The molecule has 1 saturated carbocycles. The van der Waals surface area contributed by atoms with Gasteiger partial charge in [-0.2, -0.15) is 0 Å². The predicted molar refractivity (Wildman–Crippen MR) is 137 cm³/mol. The van der Waals surface area contributed by atoms with Crippen molar-refractivity contribution in [2.24, 2.45) is 11.7 Å². The molecule has 10 nitrogen and oxygen atoms in total. The summed E-state index contributed by atoms with van der Waals surface area (Å²) < 4.78 is 0. The molecule has 4 N–H and O–H groups in total. The van der Waals surface area contributed by atoms with E-state index >= 15 is 0 Å². The summed E-state index contributed by atoms with van der Waals surface area (Å²) in [5.41, 5.74) is 7.18. The van der Waals surface area contributed by atoms with Gasteiger partial charge in [-0.25, -0.2) is 9.59 Å². The summed E-state index contributed by atoms with van der Waals surface area (Å²) in [4.78, 5) is 57.7. The molecule has 2 aromatic rings. The Labute approximate surface area is 216 Å². The zero-order valence-electron chi connectivity index (χ0n) is 20.7. The second kappa shape index (κ2) is 13.8. The molecule has 0 atom stereocenters. The van der Waals surface area contributed by atoms with E-state index in [4.69, 9.17) is 5.73 Å². The summed E-state index contributed by atoms with van der Waals surface area (Å²) in [5, 5.41) is 4.47. The molecule has 2 heterocycles. The first-order valence-corrected chi connectivity index (χ1v) is 12.4. The van der Waals surface area contributed by atoms with Crippen LogP contribution in [0.1, 0.15) is 43.2 Å². The standard InChI is InChI=1S/2C10H10N2O2.C7H13NO/c2*13-9-7-12(10(14)11-9)6-8-4-2-1-3-5-8;8-7(9)6-4-2-1-3-5-6/h2*1-5H,6-7H2,(H,11,13,14);6H,1-5H2,(H2,8,9). The van der Waals surface area contributed by atoms with Crippen LogP contribution in [0.2, 0.25) is 0 Å². The largest absolute Gasteiger partial charge is 0.369 e. The zero-order valence-corrected chi connectivity index (χ0v) is 20.7. The predicted octanol–water partition coefficient (Wildman–Crippen LogP) is 2.53. The van der Waals surface area contributed by atoms with E-state index in [9.17, 15) is 24.0 Å². The first-order valence-electron chi connectivity index (χ1n) is 12.4. The van der Waals surface area contributed by atoms with E-state index in [1.165, 1.54) is 29.1 Å². The SMILES string of the molecule is NC(=O)C1CCCCC1.O=C1CN(Cc2ccccc2)C(=O)N1.O=C1CN(Cc2ccccc2)C(=O)N1. The van der Waals surface area contributed by atoms with Crippen LogP contribution in [0.3, 0.4) is 0 Å². The molecule has 37 heavy (non-hydrogen) atoms. The molecule has 2 aliphatic heterocycles. The van der Waals surface area contributed by atoms with Crippen molar-refractivity contribution < 1.29 is 24.0 Å². The van der Waals surface area contributed by atoms with Crippen LogP contribution in [-0.4, -0.2) is 52.7 Å². The lowest BCUT2D eigenvalue weighted by Crippen LogP contribution is -2.27. The number of benzene rings is 2. The van der Waals surface area contributed by atoms with Gasteiger partial charge in [0.25, 0.3) is 0 Å². The number of hydrogen-bond donors (Lipinski definition) is 3. The van der Waals surface area contributed by atoms with Gasteiger partial charge in [-0.1, -0.05) is 79.9 Å². The molecular weight excluding hydrogens is 474 g/mol. The number of amides is 7. The van der Waals surface area contributed by atoms with E-state index in [0.29, 0.717) is 13.1 Å². The highest BCUT2D eigenvalue weighted by Crippen LogP contribution is 2.22. The topological polar surface area (TPSA) is 142 Å². The summed E-state index contributed by atoms with van der Waals surface area (Å²) in [6.07, 6.45) is 5.70. The van der Waals surface area contributed by atoms with E-state index in [-0.39, 0.29) is 48.8 Å². The maximum atomic E-state index is 11.2. The normalized spacial score (nSPS) is 17.3. The third-order valence-corrected chi connectivity index (χ3v) is 6.18. The minimum absolute atomic E-state index is 0.102. The molecule has 0 aromatic heterocycles. The fourth-order valence-electron chi connectivity index (χ4n) is 4.22. The number of carbonyl (C=O) groups excluding carboxylic acids is 5. The van der Waals surface area contributed by atoms with Crippen LogP contribution in [0.4, 0.5) is 9.59 Å². The second-order valence-electron chi connectivity index (χ2n) is 9.13. The number of nitrogens with one attached hydrogen (secondary N) is 2. The van der Waals surface area contributed by atoms with Gasteiger partial charge in [-0.15, -0.1) is 0 Å². The minimum Gasteiger partial charge on any atom is -0.369 e. The highest BCUT2D eigenvalue weighted by atomic mass is 16.2. The first-order chi connectivity index (χ1) is 17.8. The van der Waals surface area contributed by atoms with Crippen molar-refractivity contribution in [3.8, 4) is 0 Å². The Balaban J connectivity index is 0.000000159. The van der Waals surface area contributed by atoms with Gasteiger partial charge in [0.15, 0.2) is 0 Å². The number of imide groups is 2. The molecule has 0 radical (unpaired) electrons. The Bertz CT molecular complexity index is 1010. The molecule has 3 fully saturated rings. The highest BCUT2D eigenvalue weighted by Gasteiger charge is 2.27. The quantitative estimate of drug-likeness (QED) is 0.533. The van der Waals surface area contributed by atoms with E-state index in [1.807, 2.05) is 60.7 Å². The number of carbonyl (C=O) groups is 5. The van der Waals surface area contributed by atoms with Crippen LogP contribution in [0.5, 0.6) is 0 Å². The van der Waals surface area contributed by atoms with Crippen LogP contribution in [0.15, 0.2) is 60.7 Å². The monoisotopic (exact) mass is 507 g/mol. The fourth-order valence-corrected chi connectivity index (χ4v) is 4.22. The molecule has 1 aliphatic carbocycles. The molecule has 3 aliphatic rings. The van der Waals surface area contributed by atoms with Crippen molar-refractivity contribution >= 4 is 29.8 Å². The molecule has 0 spiro atoms. The lowest BCUT2D eigenvalue weighted by atomic mass is 9.89. The van der Waals surface area contributed by atoms with Gasteiger partial charge in [-0.3, -0.25) is 25.0 Å². The Morgan fingerprint density at radius 1 is 0.703 bits per heavy atom. The first kappa shape index (κ1) is 27.4. The van der Waals surface area contributed by atoms with Crippen molar-refractivity contribution in [3.63, 3.8) is 0 Å². The van der Waals surface area contributed by atoms with E-state index in [1.54, 1.807) is 0 Å². The van der Waals surface area contributed by atoms with Gasteiger partial charge in [0.2, 0.25) is 17.7 Å². The van der Waals surface area contributed by atoms with Crippen molar-refractivity contribution in [2.45, 2.75) is 45.2 Å². The van der Waals surface area contributed by atoms with Crippen molar-refractivity contribution in [1.82, 2.24) is 20.4 Å². The minimum atomic E-state index is -0.307. The maximum Gasteiger partial charge on any atom is 0.324 e. The van der Waals surface area contributed by atoms with Crippen molar-refractivity contribution in [2.75, 3.05) is 13.1 Å². The number of nitrogens with two attached hydrogens (primary N) is 1. The maximum absolute atomic E-state index is 11.2. The van der Waals surface area contributed by atoms with Crippen molar-refractivity contribution in [3.05, 3.63) is 71.8 Å². The molecule has 0 unspecified atom stereocenters. The van der Waals surface area contributed by atoms with Gasteiger partial charge < -0.3 is 15.5 Å². The third-order valence-electron chi connectivity index (χ3n) is 6.18. The zero-order chi connectivity index (χ0) is 26.6. The Kier molecular flexibility index (Phi) is 10.2. The van der Waals surface area contributed by atoms with Crippen LogP contribution in [0, 0.1) is 5.92 Å². The summed E-state index contributed by atoms with van der Waals surface area (Å²) in [5.74, 6) is -0.370. The van der Waals surface area contributed by atoms with Gasteiger partial charge in [-0.05, 0) is 24.0 Å². The summed E-state index contributed by atoms with van der Waals surface area (Å²) in [6.45, 7) is 1.29. The number of primary amides is 1. The Morgan fingerprint density at radius 3 is 1.41 bits per heavy atom. The molecule has 5 rings (SSSR count). The fraction of sp³-hybridized carbons (Fsp3) is 0.370. The molecule has 196 valence electrons. The Morgan fingerprint density at radius 2 is 1.11 bits per heavy atom. The van der Waals surface area contributed by atoms with Gasteiger partial charge in [0, 0.05) is 19.0 Å². The smallest absolute Gasteiger partial charge is 0.324 e. The van der Waals surface area contributed by atoms with Gasteiger partial charge in [0.05, 0.1) is 0 Å². The molecule has 2 aromatic carbocycles. The van der Waals surface area contributed by atoms with Gasteiger partial charge >= 0.3 is 12.1 Å². The van der Waals surface area contributed by atoms with E-state index < -0.39 is 0 Å². The van der Waals surface area contributed by atoms with Gasteiger partial charge in [0.1, 0.15) is 13.1 Å². The van der Waals surface area contributed by atoms with Crippen LogP contribution in [0.25, 0.3) is 0 Å². The number of hydrogen-bond acceptors (Lipinski definition) is 5. The molecular formula is C27H33N5O5. The molecule has 10 heteroatoms. The van der Waals surface area contributed by atoms with Crippen LogP contribution < -0.4 is 16.4 Å². The average Bonchev–Trinajstić information content (AvgIpc) is 3.39. The summed E-state index contributed by atoms with van der Waals surface area (Å²) in [6, 6.07) is 18.6. The lowest BCUT2D eigenvalue weighted by molar-refractivity contribution is -0.122. The lowest BCUT2D eigenvalue weighted by Gasteiger charge is -2.17. The molecule has 0 bridgehead atoms. The summed E-state index contributed by atoms with van der Waals surface area (Å²) >= 11 is 0. The van der Waals surface area contributed by atoms with E-state index in [0.717, 1.165) is 24.0 Å².